The van der Waals surface area contributed by atoms with Crippen LogP contribution in [0.3, 0.4) is 0 Å². The molecule has 2 fully saturated rings. The van der Waals surface area contributed by atoms with Gasteiger partial charge in [-0.1, -0.05) is 12.8 Å². The Hall–Kier alpha value is -0.810. The molecule has 3 atom stereocenters. The van der Waals surface area contributed by atoms with E-state index < -0.39 is 0 Å². The minimum Gasteiger partial charge on any atom is -0.346 e. The topological polar surface area (TPSA) is 61.4 Å². The molecule has 2 N–H and O–H groups in total. The quantitative estimate of drug-likeness (QED) is 0.812. The van der Waals surface area contributed by atoms with Crippen molar-refractivity contribution in [2.24, 2.45) is 5.92 Å². The Bertz CT molecular complexity index is 337. The van der Waals surface area contributed by atoms with Gasteiger partial charge in [0.15, 0.2) is 0 Å². The van der Waals surface area contributed by atoms with Crippen molar-refractivity contribution in [3.8, 4) is 0 Å². The molecule has 3 unspecified atom stereocenters. The molecular formula is C14H26ClN3O2. The van der Waals surface area contributed by atoms with E-state index in [0.29, 0.717) is 18.5 Å². The summed E-state index contributed by atoms with van der Waals surface area (Å²) in [6.45, 7) is 2.69. The van der Waals surface area contributed by atoms with Gasteiger partial charge in [0.1, 0.15) is 0 Å². The van der Waals surface area contributed by atoms with E-state index in [1.807, 2.05) is 6.92 Å². The van der Waals surface area contributed by atoms with E-state index >= 15 is 0 Å². The normalized spacial score (nSPS) is 28.2. The standard InChI is InChI=1S/C14H25N3O2.ClH/c1-3-17(2)13(18)9-15-14(19)12-8-10-6-4-5-7-11(10)16-12;/h10-12,16H,3-9H2,1-2H3,(H,15,19);1H. The van der Waals surface area contributed by atoms with Crippen LogP contribution in [-0.2, 0) is 9.59 Å². The SMILES string of the molecule is CCN(C)C(=O)CNC(=O)C1CC2CCCCC2N1.Cl. The van der Waals surface area contributed by atoms with Crippen molar-refractivity contribution in [3.05, 3.63) is 0 Å². The van der Waals surface area contributed by atoms with Crippen molar-refractivity contribution in [1.29, 1.82) is 0 Å². The summed E-state index contributed by atoms with van der Waals surface area (Å²) in [5, 5.41) is 6.18. The predicted molar refractivity (Wildman–Crippen MR) is 80.9 cm³/mol. The third kappa shape index (κ3) is 4.09. The van der Waals surface area contributed by atoms with E-state index in [1.165, 1.54) is 25.7 Å². The third-order valence-electron chi connectivity index (χ3n) is 4.49. The second kappa shape index (κ2) is 7.84. The zero-order valence-electron chi connectivity index (χ0n) is 12.4. The summed E-state index contributed by atoms with van der Waals surface area (Å²) in [7, 11) is 1.75. The van der Waals surface area contributed by atoms with Gasteiger partial charge in [0.25, 0.3) is 0 Å². The van der Waals surface area contributed by atoms with E-state index in [2.05, 4.69) is 10.6 Å². The highest BCUT2D eigenvalue weighted by molar-refractivity contribution is 5.87. The van der Waals surface area contributed by atoms with Gasteiger partial charge in [-0.25, -0.2) is 0 Å². The van der Waals surface area contributed by atoms with E-state index in [-0.39, 0.29) is 36.8 Å². The molecule has 2 amide bonds. The van der Waals surface area contributed by atoms with Crippen LogP contribution in [0.5, 0.6) is 0 Å². The number of likely N-dealkylation sites (N-methyl/N-ethyl adjacent to an activating group) is 1. The van der Waals surface area contributed by atoms with Crippen LogP contribution >= 0.6 is 12.4 Å². The number of hydrogen-bond donors (Lipinski definition) is 2. The van der Waals surface area contributed by atoms with Gasteiger partial charge >= 0.3 is 0 Å². The molecule has 1 saturated carbocycles. The first-order valence-electron chi connectivity index (χ1n) is 7.39. The number of nitrogens with zero attached hydrogens (tertiary/aromatic N) is 1. The van der Waals surface area contributed by atoms with E-state index in [0.717, 1.165) is 6.42 Å². The van der Waals surface area contributed by atoms with Crippen LogP contribution in [0.15, 0.2) is 0 Å². The zero-order chi connectivity index (χ0) is 13.8. The lowest BCUT2D eigenvalue weighted by atomic mass is 9.85. The van der Waals surface area contributed by atoms with Gasteiger partial charge in [0, 0.05) is 19.6 Å². The summed E-state index contributed by atoms with van der Waals surface area (Å²) in [6.07, 6.45) is 5.90. The Balaban J connectivity index is 0.00000200. The fourth-order valence-electron chi connectivity index (χ4n) is 3.12. The van der Waals surface area contributed by atoms with Crippen LogP contribution in [0, 0.1) is 5.92 Å². The van der Waals surface area contributed by atoms with E-state index in [1.54, 1.807) is 11.9 Å². The lowest BCUT2D eigenvalue weighted by Gasteiger charge is -2.24. The van der Waals surface area contributed by atoms with Gasteiger partial charge in [-0.15, -0.1) is 12.4 Å². The molecule has 0 radical (unpaired) electrons. The number of nitrogens with one attached hydrogen (secondary N) is 2. The molecule has 0 aromatic rings. The smallest absolute Gasteiger partial charge is 0.241 e. The monoisotopic (exact) mass is 303 g/mol. The number of fused-ring (bicyclic) bond motifs is 1. The van der Waals surface area contributed by atoms with Gasteiger partial charge in [-0.3, -0.25) is 9.59 Å². The van der Waals surface area contributed by atoms with E-state index in [4.69, 9.17) is 0 Å². The summed E-state index contributed by atoms with van der Waals surface area (Å²) in [4.78, 5) is 25.3. The first-order valence-corrected chi connectivity index (χ1v) is 7.39. The Morgan fingerprint density at radius 2 is 2.00 bits per heavy atom. The minimum absolute atomic E-state index is 0. The van der Waals surface area contributed by atoms with Crippen molar-refractivity contribution in [2.45, 2.75) is 51.1 Å². The average molecular weight is 304 g/mol. The fraction of sp³-hybridized carbons (Fsp3) is 0.857. The highest BCUT2D eigenvalue weighted by Crippen LogP contribution is 2.33. The molecule has 0 spiro atoms. The van der Waals surface area contributed by atoms with E-state index in [9.17, 15) is 9.59 Å². The summed E-state index contributed by atoms with van der Waals surface area (Å²) in [5.74, 6) is 0.594. The summed E-state index contributed by atoms with van der Waals surface area (Å²) in [5.41, 5.74) is 0. The van der Waals surface area contributed by atoms with Gasteiger partial charge < -0.3 is 15.5 Å². The summed E-state index contributed by atoms with van der Waals surface area (Å²) < 4.78 is 0. The molecule has 116 valence electrons. The Morgan fingerprint density at radius 1 is 1.30 bits per heavy atom. The van der Waals surface area contributed by atoms with Crippen molar-refractivity contribution >= 4 is 24.2 Å². The molecule has 1 aliphatic carbocycles. The van der Waals surface area contributed by atoms with Crippen LogP contribution in [-0.4, -0.2) is 48.9 Å². The molecule has 0 aromatic carbocycles. The van der Waals surface area contributed by atoms with Crippen LogP contribution in [0.4, 0.5) is 0 Å². The zero-order valence-corrected chi connectivity index (χ0v) is 13.2. The number of hydrogen-bond acceptors (Lipinski definition) is 3. The molecule has 5 nitrogen and oxygen atoms in total. The number of amides is 2. The molecule has 6 heteroatoms. The second-order valence-corrected chi connectivity index (χ2v) is 5.73. The van der Waals surface area contributed by atoms with Crippen LogP contribution in [0.25, 0.3) is 0 Å². The average Bonchev–Trinajstić information content (AvgIpc) is 2.87. The molecule has 1 saturated heterocycles. The maximum atomic E-state index is 12.1. The molecule has 1 aliphatic heterocycles. The Labute approximate surface area is 127 Å². The van der Waals surface area contributed by atoms with Gasteiger partial charge in [-0.05, 0) is 32.1 Å². The number of rotatable bonds is 4. The van der Waals surface area contributed by atoms with Crippen LogP contribution < -0.4 is 10.6 Å². The highest BCUT2D eigenvalue weighted by Gasteiger charge is 2.38. The predicted octanol–water partition coefficient (Wildman–Crippen LogP) is 0.923. The second-order valence-electron chi connectivity index (χ2n) is 5.73. The molecule has 0 aromatic heterocycles. The van der Waals surface area contributed by atoms with Crippen molar-refractivity contribution in [1.82, 2.24) is 15.5 Å². The number of carbonyl (C=O) groups excluding carboxylic acids is 2. The van der Waals surface area contributed by atoms with Crippen molar-refractivity contribution in [3.63, 3.8) is 0 Å². The van der Waals surface area contributed by atoms with Crippen LogP contribution in [0.1, 0.15) is 39.0 Å². The fourth-order valence-corrected chi connectivity index (χ4v) is 3.12. The van der Waals surface area contributed by atoms with Gasteiger partial charge in [-0.2, -0.15) is 0 Å². The Morgan fingerprint density at radius 3 is 2.65 bits per heavy atom. The molecule has 0 bridgehead atoms. The van der Waals surface area contributed by atoms with Crippen molar-refractivity contribution in [2.75, 3.05) is 20.1 Å². The number of halogens is 1. The molecular weight excluding hydrogens is 278 g/mol. The first-order chi connectivity index (χ1) is 9.11. The molecule has 20 heavy (non-hydrogen) atoms. The molecule has 1 heterocycles. The van der Waals surface area contributed by atoms with Gasteiger partial charge in [0.2, 0.25) is 11.8 Å². The maximum Gasteiger partial charge on any atom is 0.241 e. The van der Waals surface area contributed by atoms with Crippen LogP contribution in [0.2, 0.25) is 0 Å². The largest absolute Gasteiger partial charge is 0.346 e. The lowest BCUT2D eigenvalue weighted by molar-refractivity contribution is -0.132. The lowest BCUT2D eigenvalue weighted by Crippen LogP contribution is -2.46. The summed E-state index contributed by atoms with van der Waals surface area (Å²) >= 11 is 0. The Kier molecular flexibility index (Phi) is 6.76. The highest BCUT2D eigenvalue weighted by atomic mass is 35.5. The number of carbonyl (C=O) groups is 2. The molecule has 2 aliphatic rings. The third-order valence-corrected chi connectivity index (χ3v) is 4.49. The maximum absolute atomic E-state index is 12.1. The summed E-state index contributed by atoms with van der Waals surface area (Å²) in [6, 6.07) is 0.409. The van der Waals surface area contributed by atoms with Crippen molar-refractivity contribution < 1.29 is 9.59 Å². The minimum atomic E-state index is -0.104. The molecule has 2 rings (SSSR count). The van der Waals surface area contributed by atoms with Gasteiger partial charge in [0.05, 0.1) is 12.6 Å². The first kappa shape index (κ1) is 17.2.